The molecule has 0 bridgehead atoms. The van der Waals surface area contributed by atoms with E-state index < -0.39 is 53.1 Å². The molecule has 15 nitrogen and oxygen atoms in total. The summed E-state index contributed by atoms with van der Waals surface area (Å²) in [4.78, 5) is 72.5. The maximum atomic E-state index is 14.5. The summed E-state index contributed by atoms with van der Waals surface area (Å²) in [6.45, 7) is 16.7. The van der Waals surface area contributed by atoms with Gasteiger partial charge in [-0.2, -0.15) is 0 Å². The molecule has 7 N–H and O–H groups in total. The highest BCUT2D eigenvalue weighted by Crippen LogP contribution is 2.40. The van der Waals surface area contributed by atoms with E-state index in [1.54, 1.807) is 45.2 Å². The molecule has 2 unspecified atom stereocenters. The smallest absolute Gasteiger partial charge is 0.407 e. The molecule has 3 aromatic rings. The van der Waals surface area contributed by atoms with Crippen LogP contribution in [0.15, 0.2) is 66.5 Å². The second-order valence-electron chi connectivity index (χ2n) is 16.2. The van der Waals surface area contributed by atoms with Gasteiger partial charge in [0.25, 0.3) is 5.91 Å². The van der Waals surface area contributed by atoms with E-state index in [9.17, 15) is 34.2 Å². The Morgan fingerprint density at radius 2 is 1.78 bits per heavy atom. The number of amides is 4. The van der Waals surface area contributed by atoms with Gasteiger partial charge in [0.2, 0.25) is 11.8 Å². The number of aliphatic carboxylic acids is 1. The van der Waals surface area contributed by atoms with Crippen LogP contribution in [0.25, 0.3) is 27.6 Å². The topological polar surface area (TPSA) is 223 Å². The lowest BCUT2D eigenvalue weighted by atomic mass is 9.91. The normalized spacial score (nSPS) is 16.8. The average molecular weight is 815 g/mol. The molecule has 2 heterocycles. The van der Waals surface area contributed by atoms with Crippen molar-refractivity contribution in [3.05, 3.63) is 77.6 Å². The highest BCUT2D eigenvalue weighted by atomic mass is 16.6. The second kappa shape index (κ2) is 19.8. The number of unbranched alkanes of at least 4 members (excludes halogenated alkanes) is 1. The Bertz CT molecular complexity index is 2100. The molecule has 4 rings (SSSR count). The first-order valence-corrected chi connectivity index (χ1v) is 19.8. The number of likely N-dealkylation sites (tertiary alicyclic amines) is 1. The number of allylic oxidation sites excluding steroid dienone is 2. The van der Waals surface area contributed by atoms with E-state index >= 15 is 0 Å². The van der Waals surface area contributed by atoms with Gasteiger partial charge in [0.05, 0.1) is 17.7 Å². The van der Waals surface area contributed by atoms with Crippen molar-refractivity contribution in [1.82, 2.24) is 25.8 Å². The fourth-order valence-electron chi connectivity index (χ4n) is 6.88. The third-order valence-corrected chi connectivity index (χ3v) is 9.80. The minimum absolute atomic E-state index is 0.0223. The van der Waals surface area contributed by atoms with Crippen LogP contribution >= 0.6 is 0 Å². The van der Waals surface area contributed by atoms with Gasteiger partial charge in [-0.25, -0.2) is 9.59 Å². The molecule has 3 atom stereocenters. The summed E-state index contributed by atoms with van der Waals surface area (Å²) in [6, 6.07) is 9.92. The lowest BCUT2D eigenvalue weighted by Gasteiger charge is -2.33. The van der Waals surface area contributed by atoms with Crippen LogP contribution in [-0.4, -0.2) is 99.4 Å². The van der Waals surface area contributed by atoms with Crippen LogP contribution in [0, 0.1) is 0 Å². The summed E-state index contributed by atoms with van der Waals surface area (Å²) < 4.78 is 11.5. The standard InChI is InChI=1S/C44H58N6O9/c1-26(2)31-25-47-32-15-10-9-14-29(32)35(31)30-24-28(17-18-34(30)58-23-13-20-45)38(51)48-33(16-11-12-21-46-42(56)59-43(5,6)7)40(53)50-22-19-44(8,57)37(50)39(52)49-36(27(3)4)41(54)55/h9-10,14-15,17-18,24-25,33,37,57H,1,11-13,16,19-23,45H2,2-8H3,(H,46,56)(H,48,51)(H,49,52)(H,54,55)/t33-,37?,44?/m0/s1. The number of ether oxygens (including phenoxy) is 2. The molecule has 4 amide bonds. The average Bonchev–Trinajstić information content (AvgIpc) is 3.49. The Morgan fingerprint density at radius 3 is 2.42 bits per heavy atom. The SMILES string of the molecule is C=C(C)c1cnc2ccccc2c1-c1cc(C(=O)N[C@@H](CCCCNC(=O)OC(C)(C)C)C(=O)N2CCC(C)(O)C2C(=O)NC(C(=O)O)=C(C)C)ccc1OCCCN. The van der Waals surface area contributed by atoms with Gasteiger partial charge in [0.1, 0.15) is 29.1 Å². The van der Waals surface area contributed by atoms with E-state index in [-0.39, 0.29) is 37.2 Å². The number of carbonyl (C=O) groups excluding carboxylic acids is 4. The van der Waals surface area contributed by atoms with Gasteiger partial charge in [-0.15, -0.1) is 0 Å². The number of nitrogens with two attached hydrogens (primary N) is 1. The molecule has 1 aromatic heterocycles. The number of aliphatic hydroxyl groups is 1. The number of pyridine rings is 1. The van der Waals surface area contributed by atoms with Gasteiger partial charge in [0, 0.05) is 46.9 Å². The first-order chi connectivity index (χ1) is 27.7. The van der Waals surface area contributed by atoms with Crippen LogP contribution in [0.3, 0.4) is 0 Å². The summed E-state index contributed by atoms with van der Waals surface area (Å²) in [6.07, 6.45) is 2.64. The molecular formula is C44H58N6O9. The van der Waals surface area contributed by atoms with E-state index in [1.165, 1.54) is 25.7 Å². The van der Waals surface area contributed by atoms with Crippen molar-refractivity contribution in [2.24, 2.45) is 5.73 Å². The van der Waals surface area contributed by atoms with Gasteiger partial charge in [-0.1, -0.05) is 24.8 Å². The Labute approximate surface area is 345 Å². The lowest BCUT2D eigenvalue weighted by Crippen LogP contribution is -2.58. The fraction of sp³-hybridized carbons (Fsp3) is 0.455. The third kappa shape index (κ3) is 11.9. The van der Waals surface area contributed by atoms with Gasteiger partial charge >= 0.3 is 12.1 Å². The highest BCUT2D eigenvalue weighted by molar-refractivity contribution is 6.04. The number of benzene rings is 2. The minimum Gasteiger partial charge on any atom is -0.493 e. The molecule has 2 aromatic carbocycles. The number of nitrogens with zero attached hydrogens (tertiary/aromatic N) is 2. The second-order valence-corrected chi connectivity index (χ2v) is 16.2. The summed E-state index contributed by atoms with van der Waals surface area (Å²) >= 11 is 0. The maximum Gasteiger partial charge on any atom is 0.407 e. The molecule has 1 saturated heterocycles. The van der Waals surface area contributed by atoms with E-state index in [4.69, 9.17) is 15.2 Å². The zero-order valence-corrected chi connectivity index (χ0v) is 35.1. The van der Waals surface area contributed by atoms with Crippen molar-refractivity contribution in [3.63, 3.8) is 0 Å². The van der Waals surface area contributed by atoms with Crippen LogP contribution in [0.5, 0.6) is 5.75 Å². The molecule has 15 heteroatoms. The van der Waals surface area contributed by atoms with E-state index in [2.05, 4.69) is 27.5 Å². The van der Waals surface area contributed by atoms with Crippen molar-refractivity contribution in [1.29, 1.82) is 0 Å². The fourth-order valence-corrected chi connectivity index (χ4v) is 6.88. The number of rotatable bonds is 17. The molecule has 0 aliphatic carbocycles. The van der Waals surface area contributed by atoms with Crippen molar-refractivity contribution in [3.8, 4) is 16.9 Å². The Balaban J connectivity index is 1.71. The summed E-state index contributed by atoms with van der Waals surface area (Å²) in [5.41, 5.74) is 7.11. The summed E-state index contributed by atoms with van der Waals surface area (Å²) in [7, 11) is 0. The number of hydrogen-bond donors (Lipinski definition) is 6. The van der Waals surface area contributed by atoms with Gasteiger partial charge in [0.15, 0.2) is 0 Å². The zero-order chi connectivity index (χ0) is 43.7. The van der Waals surface area contributed by atoms with Gasteiger partial charge in [-0.05, 0) is 123 Å². The molecule has 59 heavy (non-hydrogen) atoms. The Hall–Kier alpha value is -5.80. The van der Waals surface area contributed by atoms with Crippen molar-refractivity contribution in [2.45, 2.75) is 104 Å². The predicted molar refractivity (Wildman–Crippen MR) is 225 cm³/mol. The van der Waals surface area contributed by atoms with E-state index in [0.717, 1.165) is 27.6 Å². The molecule has 0 radical (unpaired) electrons. The van der Waals surface area contributed by atoms with E-state index in [1.807, 2.05) is 31.2 Å². The number of aromatic nitrogens is 1. The molecule has 1 aliphatic rings. The van der Waals surface area contributed by atoms with Crippen molar-refractivity contribution < 1.29 is 43.7 Å². The van der Waals surface area contributed by atoms with Crippen molar-refractivity contribution in [2.75, 3.05) is 26.2 Å². The summed E-state index contributed by atoms with van der Waals surface area (Å²) in [5.74, 6) is -2.98. The summed E-state index contributed by atoms with van der Waals surface area (Å²) in [5, 5.41) is 29.8. The molecule has 318 valence electrons. The number of fused-ring (bicyclic) bond motifs is 1. The predicted octanol–water partition coefficient (Wildman–Crippen LogP) is 5.30. The van der Waals surface area contributed by atoms with Crippen LogP contribution in [0.1, 0.15) is 96.5 Å². The first-order valence-electron chi connectivity index (χ1n) is 19.8. The number of alkyl carbamates (subject to hydrolysis) is 1. The lowest BCUT2D eigenvalue weighted by molar-refractivity contribution is -0.145. The number of carbonyl (C=O) groups is 5. The van der Waals surface area contributed by atoms with Gasteiger partial charge in [-0.3, -0.25) is 19.4 Å². The number of carboxylic acid groups (broad SMARTS) is 1. The minimum atomic E-state index is -1.71. The van der Waals surface area contributed by atoms with Gasteiger partial charge < -0.3 is 46.3 Å². The molecule has 0 spiro atoms. The zero-order valence-electron chi connectivity index (χ0n) is 35.1. The van der Waals surface area contributed by atoms with Crippen LogP contribution < -0.4 is 26.4 Å². The van der Waals surface area contributed by atoms with Crippen LogP contribution in [0.4, 0.5) is 4.79 Å². The number of nitrogens with one attached hydrogen (secondary N) is 3. The number of para-hydroxylation sites is 1. The van der Waals surface area contributed by atoms with E-state index in [0.29, 0.717) is 49.3 Å². The largest absolute Gasteiger partial charge is 0.493 e. The number of hydrogen-bond acceptors (Lipinski definition) is 10. The Morgan fingerprint density at radius 1 is 1.07 bits per heavy atom. The molecule has 1 aliphatic heterocycles. The number of carboxylic acids is 1. The van der Waals surface area contributed by atoms with Crippen LogP contribution in [-0.2, 0) is 19.1 Å². The highest BCUT2D eigenvalue weighted by Gasteiger charge is 2.50. The molecule has 0 saturated carbocycles. The van der Waals surface area contributed by atoms with Crippen molar-refractivity contribution >= 4 is 46.3 Å². The maximum absolute atomic E-state index is 14.5. The first kappa shape index (κ1) is 45.9. The molecule has 1 fully saturated rings. The quantitative estimate of drug-likeness (QED) is 0.0758. The molecular weight excluding hydrogens is 757 g/mol. The monoisotopic (exact) mass is 814 g/mol. The third-order valence-electron chi connectivity index (χ3n) is 9.80. The Kier molecular flexibility index (Phi) is 15.4. The van der Waals surface area contributed by atoms with Crippen LogP contribution in [0.2, 0.25) is 0 Å².